The average molecular weight is 413 g/mol. The van der Waals surface area contributed by atoms with Crippen molar-refractivity contribution in [3.8, 4) is 0 Å². The third kappa shape index (κ3) is 3.78. The van der Waals surface area contributed by atoms with Crippen molar-refractivity contribution in [1.82, 2.24) is 19.8 Å². The van der Waals surface area contributed by atoms with Gasteiger partial charge in [0.2, 0.25) is 5.91 Å². The molecule has 3 atom stereocenters. The maximum Gasteiger partial charge on any atom is 0.254 e. The average Bonchev–Trinajstić information content (AvgIpc) is 3.23. The molecule has 0 unspecified atom stereocenters. The lowest BCUT2D eigenvalue weighted by Crippen LogP contribution is -2.42. The largest absolute Gasteiger partial charge is 0.332 e. The molecule has 154 valence electrons. The monoisotopic (exact) mass is 412 g/mol. The fourth-order valence-corrected chi connectivity index (χ4v) is 5.53. The number of carbonyl (C=O) groups is 1. The van der Waals surface area contributed by atoms with Crippen LogP contribution in [-0.4, -0.2) is 38.8 Å². The number of fused-ring (bicyclic) bond motifs is 1. The highest BCUT2D eigenvalue weighted by atomic mass is 32.1. The van der Waals surface area contributed by atoms with Crippen LogP contribution in [-0.2, 0) is 24.3 Å². The number of nitrogens with zero attached hydrogens (tertiary/aromatic N) is 3. The van der Waals surface area contributed by atoms with Crippen LogP contribution in [0.2, 0.25) is 0 Å². The SMILES string of the molecule is C[C@H]1C[C@@H]1C(=O)N1CCCC[C@@H]1c1nc2c(c(=O)[nH]1)CCN(Cc1cccs1)C2. The molecule has 1 amide bonds. The molecule has 1 saturated carbocycles. The maximum atomic E-state index is 13.0. The molecule has 1 aliphatic carbocycles. The predicted molar refractivity (Wildman–Crippen MR) is 113 cm³/mol. The molecule has 7 heteroatoms. The molecule has 29 heavy (non-hydrogen) atoms. The van der Waals surface area contributed by atoms with Crippen molar-refractivity contribution in [3.05, 3.63) is 49.8 Å². The van der Waals surface area contributed by atoms with Crippen molar-refractivity contribution in [2.24, 2.45) is 11.8 Å². The van der Waals surface area contributed by atoms with E-state index in [1.165, 1.54) is 4.88 Å². The zero-order valence-corrected chi connectivity index (χ0v) is 17.7. The molecular formula is C22H28N4O2S. The summed E-state index contributed by atoms with van der Waals surface area (Å²) in [6, 6.07) is 4.14. The van der Waals surface area contributed by atoms with Gasteiger partial charge in [0.15, 0.2) is 0 Å². The molecule has 5 rings (SSSR count). The Bertz CT molecular complexity index is 954. The van der Waals surface area contributed by atoms with Crippen LogP contribution in [0.4, 0.5) is 0 Å². The highest BCUT2D eigenvalue weighted by molar-refractivity contribution is 7.09. The van der Waals surface area contributed by atoms with Crippen LogP contribution in [0.3, 0.4) is 0 Å². The Kier molecular flexibility index (Phi) is 5.04. The molecule has 2 aromatic rings. The minimum absolute atomic E-state index is 0.0152. The van der Waals surface area contributed by atoms with E-state index < -0.39 is 0 Å². The Morgan fingerprint density at radius 3 is 2.97 bits per heavy atom. The molecule has 6 nitrogen and oxygen atoms in total. The van der Waals surface area contributed by atoms with Crippen LogP contribution in [0.5, 0.6) is 0 Å². The van der Waals surface area contributed by atoms with Crippen LogP contribution >= 0.6 is 11.3 Å². The van der Waals surface area contributed by atoms with Crippen molar-refractivity contribution in [2.45, 2.75) is 58.2 Å². The molecule has 1 N–H and O–H groups in total. The van der Waals surface area contributed by atoms with Crippen LogP contribution in [0, 0.1) is 11.8 Å². The number of hydrogen-bond acceptors (Lipinski definition) is 5. The van der Waals surface area contributed by atoms with E-state index in [1.807, 2.05) is 4.90 Å². The summed E-state index contributed by atoms with van der Waals surface area (Å²) in [5.74, 6) is 1.60. The number of likely N-dealkylation sites (tertiary alicyclic amines) is 1. The minimum Gasteiger partial charge on any atom is -0.332 e. The van der Waals surface area contributed by atoms with Gasteiger partial charge >= 0.3 is 0 Å². The third-order valence-electron chi connectivity index (χ3n) is 6.66. The molecule has 2 fully saturated rings. The number of rotatable bonds is 4. The first kappa shape index (κ1) is 19.0. The summed E-state index contributed by atoms with van der Waals surface area (Å²) in [7, 11) is 0. The smallest absolute Gasteiger partial charge is 0.254 e. The molecule has 0 spiro atoms. The number of carbonyl (C=O) groups excluding carboxylic acids is 1. The Morgan fingerprint density at radius 1 is 1.34 bits per heavy atom. The summed E-state index contributed by atoms with van der Waals surface area (Å²) < 4.78 is 0. The highest BCUT2D eigenvalue weighted by Crippen LogP contribution is 2.42. The number of hydrogen-bond donors (Lipinski definition) is 1. The lowest BCUT2D eigenvalue weighted by Gasteiger charge is -2.36. The van der Waals surface area contributed by atoms with E-state index in [-0.39, 0.29) is 23.4 Å². The highest BCUT2D eigenvalue weighted by Gasteiger charge is 2.44. The van der Waals surface area contributed by atoms with Crippen LogP contribution in [0.1, 0.15) is 60.6 Å². The summed E-state index contributed by atoms with van der Waals surface area (Å²) in [6.07, 6.45) is 4.71. The number of aromatic amines is 1. The number of thiophene rings is 1. The lowest BCUT2D eigenvalue weighted by atomic mass is 9.99. The van der Waals surface area contributed by atoms with Crippen LogP contribution in [0.25, 0.3) is 0 Å². The fraction of sp³-hybridized carbons (Fsp3) is 0.591. The molecule has 2 aromatic heterocycles. The van der Waals surface area contributed by atoms with Gasteiger partial charge in [-0.1, -0.05) is 13.0 Å². The van der Waals surface area contributed by atoms with Gasteiger partial charge in [-0.3, -0.25) is 14.5 Å². The van der Waals surface area contributed by atoms with E-state index in [1.54, 1.807) is 11.3 Å². The number of nitrogens with one attached hydrogen (secondary N) is 1. The second kappa shape index (κ2) is 7.69. The maximum absolute atomic E-state index is 13.0. The van der Waals surface area contributed by atoms with Gasteiger partial charge in [0, 0.05) is 42.5 Å². The molecule has 0 aromatic carbocycles. The Balaban J connectivity index is 1.40. The summed E-state index contributed by atoms with van der Waals surface area (Å²) in [5.41, 5.74) is 1.70. The Labute approximate surface area is 175 Å². The van der Waals surface area contributed by atoms with E-state index in [4.69, 9.17) is 4.98 Å². The van der Waals surface area contributed by atoms with E-state index >= 15 is 0 Å². The summed E-state index contributed by atoms with van der Waals surface area (Å²) in [5, 5.41) is 2.10. The number of H-pyrrole nitrogens is 1. The van der Waals surface area contributed by atoms with Gasteiger partial charge in [0.1, 0.15) is 5.82 Å². The number of amides is 1. The normalized spacial score (nSPS) is 26.9. The Hall–Kier alpha value is -1.99. The minimum atomic E-state index is -0.0882. The second-order valence-electron chi connectivity index (χ2n) is 8.78. The molecule has 0 radical (unpaired) electrons. The fourth-order valence-electron chi connectivity index (χ4n) is 4.79. The van der Waals surface area contributed by atoms with E-state index in [9.17, 15) is 9.59 Å². The predicted octanol–water partition coefficient (Wildman–Crippen LogP) is 3.10. The van der Waals surface area contributed by atoms with Gasteiger partial charge in [-0.05, 0) is 49.5 Å². The summed E-state index contributed by atoms with van der Waals surface area (Å²) in [4.78, 5) is 39.4. The number of piperidine rings is 1. The molecule has 2 aliphatic heterocycles. The molecule has 1 saturated heterocycles. The van der Waals surface area contributed by atoms with E-state index in [0.717, 1.165) is 63.0 Å². The van der Waals surface area contributed by atoms with Gasteiger partial charge in [0.25, 0.3) is 5.56 Å². The van der Waals surface area contributed by atoms with Crippen molar-refractivity contribution in [3.63, 3.8) is 0 Å². The van der Waals surface area contributed by atoms with Crippen molar-refractivity contribution in [1.29, 1.82) is 0 Å². The molecule has 3 aliphatic rings. The van der Waals surface area contributed by atoms with Crippen molar-refractivity contribution < 1.29 is 4.79 Å². The Morgan fingerprint density at radius 2 is 2.21 bits per heavy atom. The summed E-state index contributed by atoms with van der Waals surface area (Å²) >= 11 is 1.76. The van der Waals surface area contributed by atoms with Crippen molar-refractivity contribution in [2.75, 3.05) is 13.1 Å². The summed E-state index contributed by atoms with van der Waals surface area (Å²) in [6.45, 7) is 5.39. The first-order valence-corrected chi connectivity index (χ1v) is 11.7. The molecular weight excluding hydrogens is 384 g/mol. The lowest BCUT2D eigenvalue weighted by molar-refractivity contribution is -0.137. The van der Waals surface area contributed by atoms with Gasteiger partial charge in [0.05, 0.1) is 11.7 Å². The first-order valence-electron chi connectivity index (χ1n) is 10.8. The zero-order chi connectivity index (χ0) is 20.0. The van der Waals surface area contributed by atoms with E-state index in [2.05, 4.69) is 34.3 Å². The van der Waals surface area contributed by atoms with Crippen molar-refractivity contribution >= 4 is 17.2 Å². The van der Waals surface area contributed by atoms with Gasteiger partial charge in [-0.2, -0.15) is 0 Å². The first-order chi connectivity index (χ1) is 14.1. The van der Waals surface area contributed by atoms with Crippen LogP contribution in [0.15, 0.2) is 22.3 Å². The third-order valence-corrected chi connectivity index (χ3v) is 7.52. The second-order valence-corrected chi connectivity index (χ2v) is 9.81. The zero-order valence-electron chi connectivity index (χ0n) is 16.9. The number of aromatic nitrogens is 2. The van der Waals surface area contributed by atoms with Gasteiger partial charge in [-0.25, -0.2) is 4.98 Å². The molecule has 4 heterocycles. The van der Waals surface area contributed by atoms with Gasteiger partial charge < -0.3 is 9.88 Å². The van der Waals surface area contributed by atoms with Gasteiger partial charge in [-0.15, -0.1) is 11.3 Å². The molecule has 0 bridgehead atoms. The topological polar surface area (TPSA) is 69.3 Å². The van der Waals surface area contributed by atoms with E-state index in [0.29, 0.717) is 18.3 Å². The quantitative estimate of drug-likeness (QED) is 0.838. The van der Waals surface area contributed by atoms with Crippen LogP contribution < -0.4 is 5.56 Å². The standard InChI is InChI=1S/C22H28N4O2S/c1-14-11-17(14)22(28)26-8-3-2-6-19(26)20-23-18-13-25(12-15-5-4-10-29-15)9-7-16(18)21(27)24-20/h4-5,10,14,17,19H,2-3,6-9,11-13H2,1H3,(H,23,24,27)/t14-,17-,19+/m0/s1.